The molecule has 1 aliphatic heterocycles. The summed E-state index contributed by atoms with van der Waals surface area (Å²) in [7, 11) is 0. The van der Waals surface area contributed by atoms with E-state index in [4.69, 9.17) is 10.5 Å². The smallest absolute Gasteiger partial charge is 0.338 e. The Labute approximate surface area is 219 Å². The fraction of sp³-hybridized carbons (Fsp3) is 0.333. The van der Waals surface area contributed by atoms with Gasteiger partial charge in [-0.3, -0.25) is 9.69 Å². The predicted octanol–water partition coefficient (Wildman–Crippen LogP) is 5.46. The number of rotatable bonds is 6. The summed E-state index contributed by atoms with van der Waals surface area (Å²) in [6, 6.07) is 18.6. The number of halogens is 3. The van der Waals surface area contributed by atoms with Gasteiger partial charge < -0.3 is 10.5 Å². The van der Waals surface area contributed by atoms with E-state index in [-0.39, 0.29) is 18.7 Å². The lowest BCUT2D eigenvalue weighted by atomic mass is 9.79. The van der Waals surface area contributed by atoms with Crippen LogP contribution in [0.2, 0.25) is 0 Å². The Morgan fingerprint density at radius 2 is 1.58 bits per heavy atom. The van der Waals surface area contributed by atoms with Crippen LogP contribution in [0.1, 0.15) is 52.2 Å². The summed E-state index contributed by atoms with van der Waals surface area (Å²) in [6.45, 7) is 1.25. The van der Waals surface area contributed by atoms with Crippen LogP contribution in [0, 0.1) is 5.82 Å². The van der Waals surface area contributed by atoms with Crippen LogP contribution in [-0.2, 0) is 22.5 Å². The highest BCUT2D eigenvalue weighted by atomic mass is 19.3. The van der Waals surface area contributed by atoms with Crippen molar-refractivity contribution >= 4 is 11.9 Å². The molecule has 0 bridgehead atoms. The molecule has 5 rings (SSSR count). The van der Waals surface area contributed by atoms with Gasteiger partial charge in [-0.1, -0.05) is 42.5 Å². The first-order chi connectivity index (χ1) is 18.2. The molecule has 1 amide bonds. The summed E-state index contributed by atoms with van der Waals surface area (Å²) in [4.78, 5) is 27.4. The molecule has 0 spiro atoms. The number of piperidine rings is 1. The van der Waals surface area contributed by atoms with Crippen molar-refractivity contribution in [1.29, 1.82) is 0 Å². The maximum Gasteiger partial charge on any atom is 0.338 e. The largest absolute Gasteiger partial charge is 0.458 e. The van der Waals surface area contributed by atoms with Crippen LogP contribution in [-0.4, -0.2) is 41.9 Å². The highest BCUT2D eigenvalue weighted by molar-refractivity contribution is 5.91. The van der Waals surface area contributed by atoms with Crippen LogP contribution in [0.5, 0.6) is 0 Å². The average molecular weight is 523 g/mol. The first kappa shape index (κ1) is 26.0. The first-order valence-corrected chi connectivity index (χ1v) is 12.8. The van der Waals surface area contributed by atoms with Crippen molar-refractivity contribution < 1.29 is 27.5 Å². The lowest BCUT2D eigenvalue weighted by molar-refractivity contribution is -0.122. The fourth-order valence-corrected chi connectivity index (χ4v) is 5.35. The molecule has 0 radical (unpaired) electrons. The second kappa shape index (κ2) is 10.6. The van der Waals surface area contributed by atoms with E-state index in [0.717, 1.165) is 27.8 Å². The second-order valence-electron chi connectivity index (χ2n) is 10.1. The molecule has 1 heterocycles. The number of ether oxygens (including phenoxy) is 1. The normalized spacial score (nSPS) is 20.9. The number of carbonyl (C=O) groups excluding carboxylic acids is 2. The zero-order chi connectivity index (χ0) is 26.9. The van der Waals surface area contributed by atoms with Crippen molar-refractivity contribution in [2.45, 2.75) is 50.2 Å². The van der Waals surface area contributed by atoms with Gasteiger partial charge >= 0.3 is 5.97 Å². The van der Waals surface area contributed by atoms with Gasteiger partial charge in [0.1, 0.15) is 11.9 Å². The van der Waals surface area contributed by atoms with Gasteiger partial charge in [0.2, 0.25) is 5.91 Å². The van der Waals surface area contributed by atoms with Crippen LogP contribution < -0.4 is 5.73 Å². The van der Waals surface area contributed by atoms with Crippen molar-refractivity contribution in [3.05, 3.63) is 94.8 Å². The molecular weight excluding hydrogens is 493 g/mol. The molecule has 8 heteroatoms. The molecule has 3 aromatic rings. The minimum atomic E-state index is -2.59. The Bertz CT molecular complexity index is 1320. The number of nitrogens with two attached hydrogens (primary N) is 1. The number of carbonyl (C=O) groups is 2. The number of likely N-dealkylation sites (tertiary alicyclic amines) is 1. The topological polar surface area (TPSA) is 72.6 Å². The Kier molecular flexibility index (Phi) is 7.25. The van der Waals surface area contributed by atoms with Crippen molar-refractivity contribution in [3.8, 4) is 11.1 Å². The van der Waals surface area contributed by atoms with Gasteiger partial charge in [0.15, 0.2) is 0 Å². The number of esters is 1. The Balaban J connectivity index is 1.26. The molecule has 38 heavy (non-hydrogen) atoms. The number of primary amides is 1. The van der Waals surface area contributed by atoms with Crippen LogP contribution in [0.4, 0.5) is 13.2 Å². The van der Waals surface area contributed by atoms with Crippen molar-refractivity contribution in [3.63, 3.8) is 0 Å². The fourth-order valence-electron chi connectivity index (χ4n) is 5.35. The Morgan fingerprint density at radius 3 is 2.21 bits per heavy atom. The van der Waals surface area contributed by atoms with E-state index in [0.29, 0.717) is 38.0 Å². The SMILES string of the molecule is NC(=O)C1c2ccc(CN3CCC(F)(F)CC3)cc2CCC1OC(=O)c1ccc(-c2ccc(F)cc2)cc1. The van der Waals surface area contributed by atoms with E-state index >= 15 is 0 Å². The summed E-state index contributed by atoms with van der Waals surface area (Å²) in [5, 5.41) is 0. The maximum atomic E-state index is 13.5. The van der Waals surface area contributed by atoms with E-state index in [1.807, 2.05) is 23.1 Å². The number of nitrogens with zero attached hydrogens (tertiary/aromatic N) is 1. The summed E-state index contributed by atoms with van der Waals surface area (Å²) in [5.74, 6) is -4.80. The van der Waals surface area contributed by atoms with Crippen LogP contribution >= 0.6 is 0 Å². The minimum Gasteiger partial charge on any atom is -0.458 e. The van der Waals surface area contributed by atoms with Gasteiger partial charge in [-0.05, 0) is 64.9 Å². The molecule has 1 fully saturated rings. The van der Waals surface area contributed by atoms with Gasteiger partial charge in [0, 0.05) is 32.5 Å². The van der Waals surface area contributed by atoms with E-state index in [9.17, 15) is 22.8 Å². The van der Waals surface area contributed by atoms with Gasteiger partial charge in [0.05, 0.1) is 11.5 Å². The van der Waals surface area contributed by atoms with Crippen molar-refractivity contribution in [2.24, 2.45) is 5.73 Å². The third-order valence-electron chi connectivity index (χ3n) is 7.47. The first-order valence-electron chi connectivity index (χ1n) is 12.8. The molecular formula is C30H29F3N2O3. The average Bonchev–Trinajstić information content (AvgIpc) is 2.90. The molecule has 2 atom stereocenters. The van der Waals surface area contributed by atoms with Crippen LogP contribution in [0.3, 0.4) is 0 Å². The van der Waals surface area contributed by atoms with E-state index in [1.165, 1.54) is 12.1 Å². The molecule has 3 aromatic carbocycles. The molecule has 2 N–H and O–H groups in total. The van der Waals surface area contributed by atoms with E-state index in [2.05, 4.69) is 0 Å². The highest BCUT2D eigenvalue weighted by Gasteiger charge is 2.37. The zero-order valence-corrected chi connectivity index (χ0v) is 20.8. The molecule has 2 aliphatic rings. The van der Waals surface area contributed by atoms with Crippen LogP contribution in [0.15, 0.2) is 66.7 Å². The summed E-state index contributed by atoms with van der Waals surface area (Å²) < 4.78 is 45.9. The molecule has 5 nitrogen and oxygen atoms in total. The number of hydrogen-bond donors (Lipinski definition) is 1. The monoisotopic (exact) mass is 522 g/mol. The number of fused-ring (bicyclic) bond motifs is 1. The second-order valence-corrected chi connectivity index (χ2v) is 10.1. The maximum absolute atomic E-state index is 13.5. The molecule has 0 aromatic heterocycles. The van der Waals surface area contributed by atoms with Crippen molar-refractivity contribution in [1.82, 2.24) is 4.90 Å². The quantitative estimate of drug-likeness (QED) is 0.436. The third-order valence-corrected chi connectivity index (χ3v) is 7.47. The van der Waals surface area contributed by atoms with Gasteiger partial charge in [-0.2, -0.15) is 0 Å². The summed E-state index contributed by atoms with van der Waals surface area (Å²) in [5.41, 5.74) is 10.4. The van der Waals surface area contributed by atoms with Gasteiger partial charge in [-0.25, -0.2) is 18.0 Å². The summed E-state index contributed by atoms with van der Waals surface area (Å²) >= 11 is 0. The number of benzene rings is 3. The van der Waals surface area contributed by atoms with E-state index in [1.54, 1.807) is 36.4 Å². The molecule has 0 saturated carbocycles. The molecule has 1 saturated heterocycles. The predicted molar refractivity (Wildman–Crippen MR) is 137 cm³/mol. The summed E-state index contributed by atoms with van der Waals surface area (Å²) in [6.07, 6.45) is 0.0821. The molecule has 198 valence electrons. The minimum absolute atomic E-state index is 0.135. The molecule has 2 unspecified atom stereocenters. The third kappa shape index (κ3) is 5.75. The lowest BCUT2D eigenvalue weighted by Crippen LogP contribution is -2.39. The Morgan fingerprint density at radius 1 is 0.947 bits per heavy atom. The highest BCUT2D eigenvalue weighted by Crippen LogP contribution is 2.35. The number of alkyl halides is 2. The zero-order valence-electron chi connectivity index (χ0n) is 20.8. The van der Waals surface area contributed by atoms with E-state index < -0.39 is 29.8 Å². The number of amides is 1. The lowest BCUT2D eigenvalue weighted by Gasteiger charge is -2.33. The van der Waals surface area contributed by atoms with Crippen molar-refractivity contribution in [2.75, 3.05) is 13.1 Å². The molecule has 1 aliphatic carbocycles. The number of aryl methyl sites for hydroxylation is 1. The van der Waals surface area contributed by atoms with Gasteiger partial charge in [0.25, 0.3) is 5.92 Å². The Hall–Kier alpha value is -3.65. The van der Waals surface area contributed by atoms with Gasteiger partial charge in [-0.15, -0.1) is 0 Å². The van der Waals surface area contributed by atoms with Crippen LogP contribution in [0.25, 0.3) is 11.1 Å². The standard InChI is InChI=1S/C30H29F3N2O3/c31-24-9-6-21(7-10-24)20-2-4-22(5-3-20)29(37)38-26-12-8-23-17-19(1-11-25(23)27(26)28(34)36)18-35-15-13-30(32,33)14-16-35/h1-7,9-11,17,26-27H,8,12-16,18H2,(H2,34,36). The number of hydrogen-bond acceptors (Lipinski definition) is 4.